The number of hydrogen-bond acceptors (Lipinski definition) is 4. The minimum Gasteiger partial charge on any atom is -0.370 e. The predicted molar refractivity (Wildman–Crippen MR) is 99.0 cm³/mol. The molecule has 26 heavy (non-hydrogen) atoms. The monoisotopic (exact) mass is 350 g/mol. The van der Waals surface area contributed by atoms with Crippen LogP contribution in [-0.4, -0.2) is 35.2 Å². The summed E-state index contributed by atoms with van der Waals surface area (Å²) in [6.45, 7) is 5.75. The third-order valence-electron chi connectivity index (χ3n) is 4.81. The van der Waals surface area contributed by atoms with Crippen molar-refractivity contribution in [2.24, 2.45) is 0 Å². The predicted octanol–water partition coefficient (Wildman–Crippen LogP) is 3.99. The van der Waals surface area contributed by atoms with Crippen LogP contribution in [-0.2, 0) is 11.3 Å². The Labute approximate surface area is 152 Å². The van der Waals surface area contributed by atoms with E-state index >= 15 is 0 Å². The topological polar surface area (TPSA) is 55.6 Å². The van der Waals surface area contributed by atoms with Crippen LogP contribution in [0.15, 0.2) is 53.1 Å². The van der Waals surface area contributed by atoms with Crippen molar-refractivity contribution in [3.63, 3.8) is 0 Å². The number of benzene rings is 2. The van der Waals surface area contributed by atoms with Gasteiger partial charge in [-0.2, -0.15) is 0 Å². The van der Waals surface area contributed by atoms with Crippen LogP contribution in [0.3, 0.4) is 0 Å². The Balaban J connectivity index is 1.33. The molecule has 5 heteroatoms. The van der Waals surface area contributed by atoms with E-state index in [9.17, 15) is 4.79 Å². The molecule has 0 saturated carbocycles. The van der Waals surface area contributed by atoms with E-state index in [0.717, 1.165) is 5.76 Å². The van der Waals surface area contributed by atoms with E-state index in [1.807, 2.05) is 26.0 Å². The van der Waals surface area contributed by atoms with E-state index < -0.39 is 0 Å². The fourth-order valence-electron chi connectivity index (χ4n) is 3.16. The van der Waals surface area contributed by atoms with Gasteiger partial charge in [0.25, 0.3) is 5.91 Å². The number of aromatic nitrogens is 1. The summed E-state index contributed by atoms with van der Waals surface area (Å²) in [5.74, 6) is 0.862. The average Bonchev–Trinajstić information content (AvgIpc) is 3.11. The van der Waals surface area contributed by atoms with Gasteiger partial charge in [-0.1, -0.05) is 61.5 Å². The third kappa shape index (κ3) is 3.22. The highest BCUT2D eigenvalue weighted by Gasteiger charge is 2.33. The quantitative estimate of drug-likeness (QED) is 0.698. The van der Waals surface area contributed by atoms with Crippen LogP contribution in [0.25, 0.3) is 10.8 Å². The number of hydrogen-bond donors (Lipinski definition) is 0. The van der Waals surface area contributed by atoms with Gasteiger partial charge in [0.1, 0.15) is 5.76 Å². The lowest BCUT2D eigenvalue weighted by Gasteiger charge is -2.38. The largest absolute Gasteiger partial charge is 0.370 e. The first kappa shape index (κ1) is 16.8. The molecule has 0 unspecified atom stereocenters. The summed E-state index contributed by atoms with van der Waals surface area (Å²) in [5.41, 5.74) is 1.55. The van der Waals surface area contributed by atoms with E-state index in [0.29, 0.717) is 25.4 Å². The molecule has 1 fully saturated rings. The van der Waals surface area contributed by atoms with E-state index in [1.54, 1.807) is 11.0 Å². The molecule has 0 radical (unpaired) electrons. The van der Waals surface area contributed by atoms with Gasteiger partial charge in [-0.3, -0.25) is 4.79 Å². The van der Waals surface area contributed by atoms with Gasteiger partial charge in [-0.05, 0) is 16.3 Å². The Morgan fingerprint density at radius 3 is 2.77 bits per heavy atom. The molecule has 1 amide bonds. The van der Waals surface area contributed by atoms with Gasteiger partial charge in [-0.15, -0.1) is 0 Å². The zero-order chi connectivity index (χ0) is 18.1. The van der Waals surface area contributed by atoms with Crippen molar-refractivity contribution in [1.29, 1.82) is 0 Å². The lowest BCUT2D eigenvalue weighted by atomic mass is 10.1. The van der Waals surface area contributed by atoms with Gasteiger partial charge >= 0.3 is 0 Å². The summed E-state index contributed by atoms with van der Waals surface area (Å²) >= 11 is 0. The maximum absolute atomic E-state index is 12.4. The Morgan fingerprint density at radius 2 is 2.00 bits per heavy atom. The van der Waals surface area contributed by atoms with Crippen LogP contribution in [0.2, 0.25) is 0 Å². The van der Waals surface area contributed by atoms with Crippen molar-refractivity contribution < 1.29 is 14.1 Å². The molecular formula is C21H22N2O3. The SMILES string of the molecule is CC(C)c1cc(C(=O)N2CC(OCc3cccc4ccccc34)C2)no1. The highest BCUT2D eigenvalue weighted by atomic mass is 16.5. The number of ether oxygens (including phenoxy) is 1. The van der Waals surface area contributed by atoms with E-state index in [-0.39, 0.29) is 17.9 Å². The summed E-state index contributed by atoms with van der Waals surface area (Å²) in [6.07, 6.45) is 0.0642. The van der Waals surface area contributed by atoms with Crippen molar-refractivity contribution in [2.75, 3.05) is 13.1 Å². The molecule has 0 atom stereocenters. The molecule has 5 nitrogen and oxygen atoms in total. The number of nitrogens with zero attached hydrogens (tertiary/aromatic N) is 2. The number of carbonyl (C=O) groups excluding carboxylic acids is 1. The number of amides is 1. The lowest BCUT2D eigenvalue weighted by Crippen LogP contribution is -2.54. The lowest BCUT2D eigenvalue weighted by molar-refractivity contribution is -0.0502. The number of carbonyl (C=O) groups is 1. The minimum absolute atomic E-state index is 0.0642. The molecule has 0 bridgehead atoms. The van der Waals surface area contributed by atoms with Crippen molar-refractivity contribution in [2.45, 2.75) is 32.5 Å². The number of rotatable bonds is 5. The molecule has 1 aromatic heterocycles. The van der Waals surface area contributed by atoms with Gasteiger partial charge in [0.15, 0.2) is 5.69 Å². The van der Waals surface area contributed by atoms with Gasteiger partial charge in [0, 0.05) is 25.1 Å². The number of fused-ring (bicyclic) bond motifs is 1. The summed E-state index contributed by atoms with van der Waals surface area (Å²) in [5, 5.41) is 6.31. The second kappa shape index (κ2) is 6.92. The van der Waals surface area contributed by atoms with Crippen molar-refractivity contribution in [3.8, 4) is 0 Å². The first-order valence-corrected chi connectivity index (χ1v) is 8.96. The first-order valence-electron chi connectivity index (χ1n) is 8.96. The number of likely N-dealkylation sites (tertiary alicyclic amines) is 1. The first-order chi connectivity index (χ1) is 12.6. The van der Waals surface area contributed by atoms with Crippen molar-refractivity contribution in [1.82, 2.24) is 10.1 Å². The molecule has 3 aromatic rings. The Kier molecular flexibility index (Phi) is 4.47. The van der Waals surface area contributed by atoms with E-state index in [1.165, 1.54) is 16.3 Å². The Hall–Kier alpha value is -2.66. The second-order valence-electron chi connectivity index (χ2n) is 7.05. The van der Waals surface area contributed by atoms with Crippen LogP contribution in [0, 0.1) is 0 Å². The third-order valence-corrected chi connectivity index (χ3v) is 4.81. The van der Waals surface area contributed by atoms with Crippen LogP contribution in [0.5, 0.6) is 0 Å². The standard InChI is InChI=1S/C21H22N2O3/c1-14(2)20-10-19(22-26-20)21(24)23-11-17(12-23)25-13-16-8-5-7-15-6-3-4-9-18(15)16/h3-10,14,17H,11-13H2,1-2H3. The molecule has 2 heterocycles. The Bertz CT molecular complexity index is 920. The summed E-state index contributed by atoms with van der Waals surface area (Å²) in [7, 11) is 0. The molecule has 2 aromatic carbocycles. The molecule has 0 spiro atoms. The molecule has 4 rings (SSSR count). The highest BCUT2D eigenvalue weighted by Crippen LogP contribution is 2.23. The molecule has 0 aliphatic carbocycles. The average molecular weight is 350 g/mol. The fraction of sp³-hybridized carbons (Fsp3) is 0.333. The minimum atomic E-state index is -0.0920. The Morgan fingerprint density at radius 1 is 1.23 bits per heavy atom. The van der Waals surface area contributed by atoms with Crippen LogP contribution < -0.4 is 0 Å². The summed E-state index contributed by atoms with van der Waals surface area (Å²) in [6, 6.07) is 16.3. The molecule has 1 aliphatic heterocycles. The van der Waals surface area contributed by atoms with Crippen LogP contribution in [0.4, 0.5) is 0 Å². The summed E-state index contributed by atoms with van der Waals surface area (Å²) in [4.78, 5) is 14.2. The van der Waals surface area contributed by atoms with Crippen LogP contribution >= 0.6 is 0 Å². The molecular weight excluding hydrogens is 328 g/mol. The zero-order valence-corrected chi connectivity index (χ0v) is 15.0. The van der Waals surface area contributed by atoms with Gasteiger partial charge in [0.2, 0.25) is 0 Å². The molecule has 1 saturated heterocycles. The zero-order valence-electron chi connectivity index (χ0n) is 15.0. The highest BCUT2D eigenvalue weighted by molar-refractivity contribution is 5.92. The maximum Gasteiger partial charge on any atom is 0.276 e. The van der Waals surface area contributed by atoms with Crippen LogP contribution in [0.1, 0.15) is 41.6 Å². The van der Waals surface area contributed by atoms with E-state index in [4.69, 9.17) is 9.26 Å². The van der Waals surface area contributed by atoms with Gasteiger partial charge in [-0.25, -0.2) is 0 Å². The normalized spacial score (nSPS) is 14.8. The molecule has 134 valence electrons. The van der Waals surface area contributed by atoms with Gasteiger partial charge in [0.05, 0.1) is 12.7 Å². The van der Waals surface area contributed by atoms with Crippen molar-refractivity contribution in [3.05, 3.63) is 65.5 Å². The smallest absolute Gasteiger partial charge is 0.276 e. The summed E-state index contributed by atoms with van der Waals surface area (Å²) < 4.78 is 11.2. The van der Waals surface area contributed by atoms with Gasteiger partial charge < -0.3 is 14.2 Å². The maximum atomic E-state index is 12.4. The second-order valence-corrected chi connectivity index (χ2v) is 7.05. The molecule has 0 N–H and O–H groups in total. The van der Waals surface area contributed by atoms with E-state index in [2.05, 4.69) is 35.5 Å². The molecule has 1 aliphatic rings. The van der Waals surface area contributed by atoms with Crippen molar-refractivity contribution >= 4 is 16.7 Å². The fourth-order valence-corrected chi connectivity index (χ4v) is 3.16.